The molecule has 0 aromatic heterocycles. The second-order valence-electron chi connectivity index (χ2n) is 4.69. The number of carbonyl (C=O) groups is 1. The Morgan fingerprint density at radius 3 is 2.79 bits per heavy atom. The largest absolute Gasteiger partial charge is 0.454 e. The monoisotopic (exact) mass is 261 g/mol. The molecular formula is C14H15NO4. The van der Waals surface area contributed by atoms with Crippen molar-refractivity contribution in [2.45, 2.75) is 12.5 Å². The number of aliphatic hydroxyl groups is 1. The van der Waals surface area contributed by atoms with Crippen LogP contribution in [0.25, 0.3) is 6.08 Å². The number of aliphatic hydroxyl groups excluding tert-OH is 1. The number of ether oxygens (including phenoxy) is 2. The van der Waals surface area contributed by atoms with Gasteiger partial charge in [0.2, 0.25) is 6.79 Å². The van der Waals surface area contributed by atoms with Crippen molar-refractivity contribution in [1.82, 2.24) is 4.90 Å². The Hall–Kier alpha value is -2.01. The van der Waals surface area contributed by atoms with E-state index < -0.39 is 6.10 Å². The van der Waals surface area contributed by atoms with Gasteiger partial charge < -0.3 is 19.5 Å². The maximum Gasteiger partial charge on any atom is 0.254 e. The van der Waals surface area contributed by atoms with E-state index in [0.717, 1.165) is 5.56 Å². The molecule has 0 aliphatic carbocycles. The van der Waals surface area contributed by atoms with Gasteiger partial charge in [0.25, 0.3) is 5.91 Å². The van der Waals surface area contributed by atoms with E-state index >= 15 is 0 Å². The molecule has 1 aromatic rings. The van der Waals surface area contributed by atoms with Gasteiger partial charge in [0, 0.05) is 13.1 Å². The maximum atomic E-state index is 12.4. The Kier molecular flexibility index (Phi) is 2.91. The normalized spacial score (nSPS) is 20.7. The quantitative estimate of drug-likeness (QED) is 0.871. The zero-order chi connectivity index (χ0) is 13.4. The number of benzene rings is 1. The minimum atomic E-state index is -0.426. The van der Waals surface area contributed by atoms with Crippen LogP contribution in [0.4, 0.5) is 0 Å². The van der Waals surface area contributed by atoms with Crippen LogP contribution in [0.3, 0.4) is 0 Å². The second-order valence-corrected chi connectivity index (χ2v) is 4.69. The first-order valence-electron chi connectivity index (χ1n) is 6.22. The zero-order valence-electron chi connectivity index (χ0n) is 10.5. The number of hydrogen-bond acceptors (Lipinski definition) is 4. The lowest BCUT2D eigenvalue weighted by atomic mass is 10.1. The third kappa shape index (κ3) is 2.06. The average molecular weight is 261 g/mol. The first-order chi connectivity index (χ1) is 9.19. The summed E-state index contributed by atoms with van der Waals surface area (Å²) >= 11 is 0. The first kappa shape index (κ1) is 12.0. The van der Waals surface area contributed by atoms with E-state index in [1.54, 1.807) is 23.1 Å². The summed E-state index contributed by atoms with van der Waals surface area (Å²) in [5, 5.41) is 9.52. The Bertz CT molecular complexity index is 540. The van der Waals surface area contributed by atoms with Gasteiger partial charge in [0.1, 0.15) is 0 Å². The van der Waals surface area contributed by atoms with Crippen molar-refractivity contribution in [2.24, 2.45) is 0 Å². The molecule has 19 heavy (non-hydrogen) atoms. The lowest BCUT2D eigenvalue weighted by Crippen LogP contribution is -2.30. The van der Waals surface area contributed by atoms with E-state index in [-0.39, 0.29) is 12.7 Å². The van der Waals surface area contributed by atoms with Crippen molar-refractivity contribution in [2.75, 3.05) is 19.9 Å². The average Bonchev–Trinajstić information content (AvgIpc) is 3.04. The zero-order valence-corrected chi connectivity index (χ0v) is 10.5. The number of rotatable bonds is 2. The summed E-state index contributed by atoms with van der Waals surface area (Å²) in [5.41, 5.74) is 1.25. The van der Waals surface area contributed by atoms with Crippen molar-refractivity contribution < 1.29 is 19.4 Å². The molecule has 3 rings (SSSR count). The molecule has 0 radical (unpaired) electrons. The van der Waals surface area contributed by atoms with Crippen LogP contribution in [0.5, 0.6) is 11.5 Å². The van der Waals surface area contributed by atoms with Crippen LogP contribution in [0.1, 0.15) is 22.3 Å². The highest BCUT2D eigenvalue weighted by atomic mass is 16.7. The van der Waals surface area contributed by atoms with Gasteiger partial charge >= 0.3 is 0 Å². The Labute approximate surface area is 111 Å². The fourth-order valence-electron chi connectivity index (χ4n) is 2.41. The summed E-state index contributed by atoms with van der Waals surface area (Å²) in [6, 6.07) is 3.45. The number of β-amino-alcohol motifs (C(OH)–C–C–N with tert-alkyl or cyclic N) is 1. The summed E-state index contributed by atoms with van der Waals surface area (Å²) in [5.74, 6) is 1.10. The van der Waals surface area contributed by atoms with Gasteiger partial charge in [-0.05, 0) is 24.1 Å². The molecule has 0 bridgehead atoms. The standard InChI is InChI=1S/C14H15NO4/c1-2-9-5-12-13(19-8-18-12)6-11(9)14(17)15-4-3-10(16)7-15/h2,5-6,10,16H,1,3-4,7-8H2. The highest BCUT2D eigenvalue weighted by Gasteiger charge is 2.28. The minimum Gasteiger partial charge on any atom is -0.454 e. The summed E-state index contributed by atoms with van der Waals surface area (Å²) in [7, 11) is 0. The third-order valence-electron chi connectivity index (χ3n) is 3.45. The molecule has 1 atom stereocenters. The summed E-state index contributed by atoms with van der Waals surface area (Å²) in [4.78, 5) is 14.1. The molecule has 5 heteroatoms. The third-order valence-corrected chi connectivity index (χ3v) is 3.45. The molecule has 1 saturated heterocycles. The van der Waals surface area contributed by atoms with Crippen LogP contribution in [0.2, 0.25) is 0 Å². The highest BCUT2D eigenvalue weighted by Crippen LogP contribution is 2.35. The molecule has 0 spiro atoms. The number of hydrogen-bond donors (Lipinski definition) is 1. The molecule has 2 aliphatic rings. The van der Waals surface area contributed by atoms with Crippen molar-refractivity contribution in [3.05, 3.63) is 29.8 Å². The van der Waals surface area contributed by atoms with Crippen LogP contribution in [0.15, 0.2) is 18.7 Å². The number of likely N-dealkylation sites (tertiary alicyclic amines) is 1. The van der Waals surface area contributed by atoms with Gasteiger partial charge in [-0.25, -0.2) is 0 Å². The van der Waals surface area contributed by atoms with E-state index in [1.165, 1.54) is 0 Å². The molecule has 100 valence electrons. The molecule has 2 aliphatic heterocycles. The minimum absolute atomic E-state index is 0.107. The number of nitrogens with zero attached hydrogens (tertiary/aromatic N) is 1. The summed E-state index contributed by atoms with van der Waals surface area (Å²) < 4.78 is 10.6. The smallest absolute Gasteiger partial charge is 0.254 e. The van der Waals surface area contributed by atoms with Crippen molar-refractivity contribution in [3.8, 4) is 11.5 Å². The Morgan fingerprint density at radius 2 is 2.16 bits per heavy atom. The number of carbonyl (C=O) groups excluding carboxylic acids is 1. The van der Waals surface area contributed by atoms with Crippen molar-refractivity contribution in [1.29, 1.82) is 0 Å². The maximum absolute atomic E-state index is 12.4. The fourth-order valence-corrected chi connectivity index (χ4v) is 2.41. The summed E-state index contributed by atoms with van der Waals surface area (Å²) in [6.07, 6.45) is 1.83. The van der Waals surface area contributed by atoms with Crippen LogP contribution >= 0.6 is 0 Å². The molecule has 0 saturated carbocycles. The van der Waals surface area contributed by atoms with Gasteiger partial charge in [-0.15, -0.1) is 0 Å². The van der Waals surface area contributed by atoms with E-state index in [2.05, 4.69) is 6.58 Å². The SMILES string of the molecule is C=Cc1cc2c(cc1C(=O)N1CCC(O)C1)OCO2. The highest BCUT2D eigenvalue weighted by molar-refractivity contribution is 5.98. The molecule has 2 heterocycles. The summed E-state index contributed by atoms with van der Waals surface area (Å²) in [6.45, 7) is 4.85. The van der Waals surface area contributed by atoms with Gasteiger partial charge in [-0.1, -0.05) is 12.7 Å². The number of fused-ring (bicyclic) bond motifs is 1. The molecule has 1 amide bonds. The van der Waals surface area contributed by atoms with Crippen LogP contribution in [-0.4, -0.2) is 41.9 Å². The molecular weight excluding hydrogens is 246 g/mol. The predicted octanol–water partition coefficient (Wildman–Crippen LogP) is 1.27. The molecule has 1 fully saturated rings. The van der Waals surface area contributed by atoms with Gasteiger partial charge in [-0.2, -0.15) is 0 Å². The van der Waals surface area contributed by atoms with Crippen LogP contribution < -0.4 is 9.47 Å². The lowest BCUT2D eigenvalue weighted by Gasteiger charge is -2.17. The molecule has 5 nitrogen and oxygen atoms in total. The van der Waals surface area contributed by atoms with Crippen molar-refractivity contribution >= 4 is 12.0 Å². The topological polar surface area (TPSA) is 59.0 Å². The Balaban J connectivity index is 1.95. The molecule has 1 N–H and O–H groups in total. The van der Waals surface area contributed by atoms with E-state index in [1.807, 2.05) is 0 Å². The van der Waals surface area contributed by atoms with E-state index in [9.17, 15) is 9.90 Å². The van der Waals surface area contributed by atoms with Crippen molar-refractivity contribution in [3.63, 3.8) is 0 Å². The van der Waals surface area contributed by atoms with Gasteiger partial charge in [0.05, 0.1) is 11.7 Å². The molecule has 1 aromatic carbocycles. The predicted molar refractivity (Wildman–Crippen MR) is 69.2 cm³/mol. The molecule has 1 unspecified atom stereocenters. The van der Waals surface area contributed by atoms with E-state index in [4.69, 9.17) is 9.47 Å². The Morgan fingerprint density at radius 1 is 1.42 bits per heavy atom. The van der Waals surface area contributed by atoms with E-state index in [0.29, 0.717) is 36.6 Å². The lowest BCUT2D eigenvalue weighted by molar-refractivity contribution is 0.0764. The second kappa shape index (κ2) is 4.59. The van der Waals surface area contributed by atoms with Crippen LogP contribution in [-0.2, 0) is 0 Å². The van der Waals surface area contributed by atoms with Crippen LogP contribution in [0, 0.1) is 0 Å². The number of amides is 1. The fraction of sp³-hybridized carbons (Fsp3) is 0.357. The van der Waals surface area contributed by atoms with Gasteiger partial charge in [0.15, 0.2) is 11.5 Å². The first-order valence-corrected chi connectivity index (χ1v) is 6.22. The van der Waals surface area contributed by atoms with Gasteiger partial charge in [-0.3, -0.25) is 4.79 Å².